The number of benzene rings is 3. The van der Waals surface area contributed by atoms with E-state index >= 15 is 0 Å². The first-order valence-corrected chi connectivity index (χ1v) is 10.1. The molecule has 4 rings (SSSR count). The summed E-state index contributed by atoms with van der Waals surface area (Å²) in [5.74, 6) is 0.606. The summed E-state index contributed by atoms with van der Waals surface area (Å²) >= 11 is 0. The maximum atomic E-state index is 12.2. The van der Waals surface area contributed by atoms with Crippen LogP contribution in [0.1, 0.15) is 30.2 Å². The van der Waals surface area contributed by atoms with Gasteiger partial charge in [-0.15, -0.1) is 0 Å². The fourth-order valence-electron chi connectivity index (χ4n) is 3.62. The molecular weight excluding hydrogens is 356 g/mol. The molecule has 144 valence electrons. The summed E-state index contributed by atoms with van der Waals surface area (Å²) in [5, 5.41) is 0. The van der Waals surface area contributed by atoms with Gasteiger partial charge in [-0.1, -0.05) is 92.2 Å². The van der Waals surface area contributed by atoms with Crippen LogP contribution in [0.4, 0.5) is 0 Å². The molecule has 0 bridgehead atoms. The molecule has 0 aliphatic rings. The van der Waals surface area contributed by atoms with Crippen LogP contribution in [0.2, 0.25) is 0 Å². The van der Waals surface area contributed by atoms with Crippen molar-refractivity contribution in [3.63, 3.8) is 0 Å². The molecule has 0 atom stereocenters. The third kappa shape index (κ3) is 4.52. The fourth-order valence-corrected chi connectivity index (χ4v) is 3.62. The Morgan fingerprint density at radius 3 is 2.31 bits per heavy atom. The lowest BCUT2D eigenvalue weighted by molar-refractivity contribution is 0.922. The normalized spacial score (nSPS) is 10.8. The van der Waals surface area contributed by atoms with Gasteiger partial charge in [0.1, 0.15) is 5.82 Å². The number of aromatic nitrogens is 2. The molecule has 3 nitrogen and oxygen atoms in total. The third-order valence-electron chi connectivity index (χ3n) is 5.03. The van der Waals surface area contributed by atoms with E-state index in [0.717, 1.165) is 29.7 Å². The number of hydrogen-bond donors (Lipinski definition) is 1. The quantitative estimate of drug-likeness (QED) is 0.470. The van der Waals surface area contributed by atoms with Gasteiger partial charge in [0.15, 0.2) is 0 Å². The van der Waals surface area contributed by atoms with Crippen molar-refractivity contribution in [1.82, 2.24) is 9.97 Å². The number of rotatable bonds is 6. The lowest BCUT2D eigenvalue weighted by Gasteiger charge is -2.11. The molecule has 3 aromatic carbocycles. The van der Waals surface area contributed by atoms with Crippen LogP contribution in [-0.2, 0) is 12.8 Å². The first kappa shape index (κ1) is 18.9. The van der Waals surface area contributed by atoms with E-state index in [1.165, 1.54) is 16.7 Å². The van der Waals surface area contributed by atoms with Crippen molar-refractivity contribution in [3.05, 3.63) is 112 Å². The molecule has 1 aromatic heterocycles. The minimum atomic E-state index is -0.129. The SMILES string of the molecule is CCCc1ccc(-c2ccccc2Cc2cc(=O)[nH]c(-c3ccccc3)n2)cc1. The van der Waals surface area contributed by atoms with E-state index in [2.05, 4.69) is 54.4 Å². The van der Waals surface area contributed by atoms with Crippen LogP contribution in [0.15, 0.2) is 89.7 Å². The molecule has 0 saturated carbocycles. The van der Waals surface area contributed by atoms with Crippen molar-refractivity contribution in [3.8, 4) is 22.5 Å². The summed E-state index contributed by atoms with van der Waals surface area (Å²) < 4.78 is 0. The molecule has 0 unspecified atom stereocenters. The molecule has 0 radical (unpaired) electrons. The molecule has 29 heavy (non-hydrogen) atoms. The van der Waals surface area contributed by atoms with E-state index in [4.69, 9.17) is 4.98 Å². The predicted octanol–water partition coefficient (Wildman–Crippen LogP) is 5.65. The van der Waals surface area contributed by atoms with Crippen molar-refractivity contribution < 1.29 is 0 Å². The van der Waals surface area contributed by atoms with E-state index in [-0.39, 0.29) is 5.56 Å². The molecular formula is C26H24N2O. The van der Waals surface area contributed by atoms with Gasteiger partial charge in [0.05, 0.1) is 5.69 Å². The van der Waals surface area contributed by atoms with Gasteiger partial charge in [0, 0.05) is 18.1 Å². The average molecular weight is 380 g/mol. The minimum Gasteiger partial charge on any atom is -0.307 e. The molecule has 1 heterocycles. The maximum absolute atomic E-state index is 12.2. The van der Waals surface area contributed by atoms with Gasteiger partial charge in [0.25, 0.3) is 5.56 Å². The number of aryl methyl sites for hydroxylation is 1. The van der Waals surface area contributed by atoms with Gasteiger partial charge in [-0.2, -0.15) is 0 Å². The van der Waals surface area contributed by atoms with Crippen LogP contribution >= 0.6 is 0 Å². The van der Waals surface area contributed by atoms with Crippen molar-refractivity contribution in [2.75, 3.05) is 0 Å². The zero-order valence-electron chi connectivity index (χ0n) is 16.6. The molecule has 3 heteroatoms. The Morgan fingerprint density at radius 2 is 1.55 bits per heavy atom. The second-order valence-corrected chi connectivity index (χ2v) is 7.23. The summed E-state index contributed by atoms with van der Waals surface area (Å²) in [5.41, 5.74) is 6.43. The molecule has 0 aliphatic heterocycles. The zero-order valence-corrected chi connectivity index (χ0v) is 16.6. The van der Waals surface area contributed by atoms with Crippen LogP contribution in [-0.4, -0.2) is 9.97 Å². The van der Waals surface area contributed by atoms with Crippen LogP contribution in [0, 0.1) is 0 Å². The zero-order chi connectivity index (χ0) is 20.1. The highest BCUT2D eigenvalue weighted by atomic mass is 16.1. The highest BCUT2D eigenvalue weighted by Crippen LogP contribution is 2.26. The summed E-state index contributed by atoms with van der Waals surface area (Å²) in [6, 6.07) is 28.4. The Labute approximate surface area is 171 Å². The van der Waals surface area contributed by atoms with E-state index in [1.54, 1.807) is 6.07 Å². The lowest BCUT2D eigenvalue weighted by atomic mass is 9.95. The lowest BCUT2D eigenvalue weighted by Crippen LogP contribution is -2.11. The molecule has 0 saturated heterocycles. The van der Waals surface area contributed by atoms with Gasteiger partial charge in [-0.05, 0) is 28.7 Å². The highest BCUT2D eigenvalue weighted by molar-refractivity contribution is 5.68. The third-order valence-corrected chi connectivity index (χ3v) is 5.03. The minimum absolute atomic E-state index is 0.129. The summed E-state index contributed by atoms with van der Waals surface area (Å²) in [6.45, 7) is 2.20. The summed E-state index contributed by atoms with van der Waals surface area (Å²) in [6.07, 6.45) is 2.85. The number of nitrogens with zero attached hydrogens (tertiary/aromatic N) is 1. The average Bonchev–Trinajstić information content (AvgIpc) is 2.75. The first-order chi connectivity index (χ1) is 14.2. The standard InChI is InChI=1S/C26H24N2O/c1-2-8-19-13-15-20(16-14-19)24-12-7-6-11-22(24)17-23-18-25(29)28-26(27-23)21-9-4-3-5-10-21/h3-7,9-16,18H,2,8,17H2,1H3,(H,27,28,29). The molecule has 0 aliphatic carbocycles. The van der Waals surface area contributed by atoms with Crippen molar-refractivity contribution >= 4 is 0 Å². The highest BCUT2D eigenvalue weighted by Gasteiger charge is 2.09. The van der Waals surface area contributed by atoms with Gasteiger partial charge >= 0.3 is 0 Å². The first-order valence-electron chi connectivity index (χ1n) is 10.1. The predicted molar refractivity (Wildman–Crippen MR) is 119 cm³/mol. The summed E-state index contributed by atoms with van der Waals surface area (Å²) in [4.78, 5) is 19.8. The Kier molecular flexibility index (Phi) is 5.66. The van der Waals surface area contributed by atoms with Crippen LogP contribution in [0.25, 0.3) is 22.5 Å². The monoisotopic (exact) mass is 380 g/mol. The van der Waals surface area contributed by atoms with Gasteiger partial charge in [-0.3, -0.25) is 4.79 Å². The summed E-state index contributed by atoms with van der Waals surface area (Å²) in [7, 11) is 0. The van der Waals surface area contributed by atoms with E-state index in [1.807, 2.05) is 36.4 Å². The van der Waals surface area contributed by atoms with E-state index in [9.17, 15) is 4.79 Å². The molecule has 0 amide bonds. The van der Waals surface area contributed by atoms with Crippen molar-refractivity contribution in [2.45, 2.75) is 26.2 Å². The Morgan fingerprint density at radius 1 is 0.828 bits per heavy atom. The van der Waals surface area contributed by atoms with Crippen LogP contribution < -0.4 is 5.56 Å². The van der Waals surface area contributed by atoms with Crippen molar-refractivity contribution in [2.24, 2.45) is 0 Å². The smallest absolute Gasteiger partial charge is 0.251 e. The van der Waals surface area contributed by atoms with E-state index in [0.29, 0.717) is 12.2 Å². The Balaban J connectivity index is 1.67. The fraction of sp³-hybridized carbons (Fsp3) is 0.154. The number of H-pyrrole nitrogens is 1. The maximum Gasteiger partial charge on any atom is 0.251 e. The van der Waals surface area contributed by atoms with Gasteiger partial charge in [-0.25, -0.2) is 4.98 Å². The van der Waals surface area contributed by atoms with Crippen molar-refractivity contribution in [1.29, 1.82) is 0 Å². The second kappa shape index (κ2) is 8.70. The van der Waals surface area contributed by atoms with E-state index < -0.39 is 0 Å². The van der Waals surface area contributed by atoms with Crippen LogP contribution in [0.5, 0.6) is 0 Å². The van der Waals surface area contributed by atoms with Gasteiger partial charge < -0.3 is 4.98 Å². The number of nitrogens with one attached hydrogen (secondary N) is 1. The van der Waals surface area contributed by atoms with Crippen LogP contribution in [0.3, 0.4) is 0 Å². The Bertz CT molecular complexity index is 1150. The molecule has 4 aromatic rings. The largest absolute Gasteiger partial charge is 0.307 e. The van der Waals surface area contributed by atoms with Gasteiger partial charge in [0.2, 0.25) is 0 Å². The topological polar surface area (TPSA) is 45.8 Å². The number of hydrogen-bond acceptors (Lipinski definition) is 2. The second-order valence-electron chi connectivity index (χ2n) is 7.23. The molecule has 0 spiro atoms. The molecule has 0 fully saturated rings. The molecule has 1 N–H and O–H groups in total. The number of aromatic amines is 1. The Hall–Kier alpha value is -3.46.